The van der Waals surface area contributed by atoms with Gasteiger partial charge < -0.3 is 5.32 Å². The van der Waals surface area contributed by atoms with Crippen LogP contribution < -0.4 is 5.32 Å². The van der Waals surface area contributed by atoms with E-state index in [-0.39, 0.29) is 23.9 Å². The standard InChI is InChI=1S/C18H35N3O3S/c1-4-5-13-19-18(22)16-12-11-15(2)21(14-16)25(23,24)20(3)17-9-7-6-8-10-17/h15-17H,4-14H2,1-3H3,(H,19,22). The molecule has 7 heteroatoms. The molecule has 2 rings (SSSR count). The van der Waals surface area contributed by atoms with Gasteiger partial charge in [-0.25, -0.2) is 0 Å². The lowest BCUT2D eigenvalue weighted by Crippen LogP contribution is -2.55. The molecule has 1 saturated heterocycles. The zero-order chi connectivity index (χ0) is 18.4. The molecule has 2 fully saturated rings. The topological polar surface area (TPSA) is 69.7 Å². The van der Waals surface area contributed by atoms with Gasteiger partial charge in [-0.2, -0.15) is 17.0 Å². The number of nitrogens with one attached hydrogen (secondary N) is 1. The summed E-state index contributed by atoms with van der Waals surface area (Å²) in [6.07, 6.45) is 8.78. The predicted octanol–water partition coefficient (Wildman–Crippen LogP) is 2.51. The van der Waals surface area contributed by atoms with Crippen LogP contribution in [0, 0.1) is 5.92 Å². The monoisotopic (exact) mass is 373 g/mol. The summed E-state index contributed by atoms with van der Waals surface area (Å²) in [4.78, 5) is 12.4. The molecule has 2 atom stereocenters. The van der Waals surface area contributed by atoms with Crippen molar-refractivity contribution in [2.24, 2.45) is 5.92 Å². The van der Waals surface area contributed by atoms with Gasteiger partial charge in [0.05, 0.1) is 5.92 Å². The summed E-state index contributed by atoms with van der Waals surface area (Å²) in [5.41, 5.74) is 0. The Morgan fingerprint density at radius 3 is 2.48 bits per heavy atom. The average Bonchev–Trinajstić information content (AvgIpc) is 2.62. The highest BCUT2D eigenvalue weighted by atomic mass is 32.2. The molecule has 1 saturated carbocycles. The van der Waals surface area contributed by atoms with E-state index in [2.05, 4.69) is 12.2 Å². The van der Waals surface area contributed by atoms with Crippen LogP contribution >= 0.6 is 0 Å². The molecule has 1 aliphatic carbocycles. The second-order valence-electron chi connectivity index (χ2n) is 7.65. The summed E-state index contributed by atoms with van der Waals surface area (Å²) in [6, 6.07) is 0.0560. The van der Waals surface area contributed by atoms with E-state index in [1.165, 1.54) is 6.42 Å². The Morgan fingerprint density at radius 2 is 1.84 bits per heavy atom. The molecule has 1 N–H and O–H groups in total. The van der Waals surface area contributed by atoms with Crippen molar-refractivity contribution in [3.05, 3.63) is 0 Å². The molecule has 0 aromatic carbocycles. The fraction of sp³-hybridized carbons (Fsp3) is 0.944. The summed E-state index contributed by atoms with van der Waals surface area (Å²) in [6.45, 7) is 5.02. The predicted molar refractivity (Wildman–Crippen MR) is 100 cm³/mol. The summed E-state index contributed by atoms with van der Waals surface area (Å²) in [7, 11) is -1.80. The van der Waals surface area contributed by atoms with Crippen molar-refractivity contribution in [1.82, 2.24) is 13.9 Å². The molecule has 1 heterocycles. The minimum atomic E-state index is -3.52. The molecule has 1 aliphatic heterocycles. The Hall–Kier alpha value is -0.660. The van der Waals surface area contributed by atoms with Crippen molar-refractivity contribution in [3.63, 3.8) is 0 Å². The van der Waals surface area contributed by atoms with Crippen molar-refractivity contribution in [3.8, 4) is 0 Å². The Bertz CT molecular complexity index is 532. The normalized spacial score (nSPS) is 26.7. The molecule has 6 nitrogen and oxygen atoms in total. The molecular weight excluding hydrogens is 338 g/mol. The second-order valence-corrected chi connectivity index (χ2v) is 9.59. The van der Waals surface area contributed by atoms with Crippen LogP contribution in [0.2, 0.25) is 0 Å². The number of carbonyl (C=O) groups excluding carboxylic acids is 1. The van der Waals surface area contributed by atoms with Gasteiger partial charge in [0.15, 0.2) is 0 Å². The van der Waals surface area contributed by atoms with Gasteiger partial charge in [-0.1, -0.05) is 32.6 Å². The van der Waals surface area contributed by atoms with E-state index >= 15 is 0 Å². The van der Waals surface area contributed by atoms with Gasteiger partial charge in [0.25, 0.3) is 10.2 Å². The van der Waals surface area contributed by atoms with Gasteiger partial charge in [-0.3, -0.25) is 4.79 Å². The molecule has 2 aliphatic rings. The van der Waals surface area contributed by atoms with E-state index < -0.39 is 10.2 Å². The van der Waals surface area contributed by atoms with E-state index in [0.29, 0.717) is 13.1 Å². The lowest BCUT2D eigenvalue weighted by molar-refractivity contribution is -0.126. The molecular formula is C18H35N3O3S. The van der Waals surface area contributed by atoms with Gasteiger partial charge in [0.2, 0.25) is 5.91 Å². The van der Waals surface area contributed by atoms with Crippen molar-refractivity contribution in [1.29, 1.82) is 0 Å². The SMILES string of the molecule is CCCCNC(=O)C1CCC(C)N(S(=O)(=O)N(C)C2CCCCC2)C1. The molecule has 0 aromatic rings. The maximum absolute atomic E-state index is 13.1. The first-order chi connectivity index (χ1) is 11.9. The number of carbonyl (C=O) groups is 1. The smallest absolute Gasteiger partial charge is 0.282 e. The highest BCUT2D eigenvalue weighted by Crippen LogP contribution is 2.29. The summed E-state index contributed by atoms with van der Waals surface area (Å²) < 4.78 is 29.4. The number of hydrogen-bond acceptors (Lipinski definition) is 3. The molecule has 0 spiro atoms. The van der Waals surface area contributed by atoms with Crippen molar-refractivity contribution < 1.29 is 13.2 Å². The summed E-state index contributed by atoms with van der Waals surface area (Å²) in [5.74, 6) is -0.233. The van der Waals surface area contributed by atoms with E-state index in [4.69, 9.17) is 0 Å². The van der Waals surface area contributed by atoms with E-state index in [1.807, 2.05) is 6.92 Å². The summed E-state index contributed by atoms with van der Waals surface area (Å²) in [5, 5.41) is 2.96. The molecule has 1 amide bonds. The first-order valence-electron chi connectivity index (χ1n) is 9.90. The van der Waals surface area contributed by atoms with Gasteiger partial charge in [-0.05, 0) is 39.0 Å². The van der Waals surface area contributed by atoms with Crippen LogP contribution in [0.3, 0.4) is 0 Å². The highest BCUT2D eigenvalue weighted by molar-refractivity contribution is 7.86. The molecule has 0 radical (unpaired) electrons. The van der Waals surface area contributed by atoms with Crippen molar-refractivity contribution in [2.75, 3.05) is 20.1 Å². The first kappa shape index (κ1) is 20.6. The van der Waals surface area contributed by atoms with Crippen LogP contribution in [0.25, 0.3) is 0 Å². The number of nitrogens with zero attached hydrogens (tertiary/aromatic N) is 2. The minimum absolute atomic E-state index is 0.000805. The quantitative estimate of drug-likeness (QED) is 0.697. The van der Waals surface area contributed by atoms with Gasteiger partial charge in [0.1, 0.15) is 0 Å². The Balaban J connectivity index is 2.03. The minimum Gasteiger partial charge on any atom is -0.356 e. The third-order valence-electron chi connectivity index (χ3n) is 5.77. The number of rotatable bonds is 7. The van der Waals surface area contributed by atoms with E-state index in [1.54, 1.807) is 15.7 Å². The van der Waals surface area contributed by atoms with Gasteiger partial charge >= 0.3 is 0 Å². The van der Waals surface area contributed by atoms with E-state index in [9.17, 15) is 13.2 Å². The lowest BCUT2D eigenvalue weighted by Gasteiger charge is -2.40. The number of unbranched alkanes of at least 4 members (excludes halogenated alkanes) is 1. The van der Waals surface area contributed by atoms with Crippen LogP contribution in [0.5, 0.6) is 0 Å². The Morgan fingerprint density at radius 1 is 1.16 bits per heavy atom. The molecule has 0 bridgehead atoms. The third kappa shape index (κ3) is 5.17. The maximum Gasteiger partial charge on any atom is 0.282 e. The van der Waals surface area contributed by atoms with Crippen LogP contribution in [-0.4, -0.2) is 55.2 Å². The fourth-order valence-electron chi connectivity index (χ4n) is 3.94. The second kappa shape index (κ2) is 9.33. The number of amides is 1. The molecule has 25 heavy (non-hydrogen) atoms. The van der Waals surface area contributed by atoms with Crippen LogP contribution in [0.1, 0.15) is 71.6 Å². The molecule has 2 unspecified atom stereocenters. The number of hydrogen-bond donors (Lipinski definition) is 1. The highest BCUT2D eigenvalue weighted by Gasteiger charge is 2.40. The third-order valence-corrected chi connectivity index (χ3v) is 7.90. The van der Waals surface area contributed by atoms with E-state index in [0.717, 1.165) is 51.4 Å². The Labute approximate surface area is 153 Å². The average molecular weight is 374 g/mol. The number of piperidine rings is 1. The first-order valence-corrected chi connectivity index (χ1v) is 11.3. The zero-order valence-corrected chi connectivity index (χ0v) is 16.9. The van der Waals surface area contributed by atoms with Gasteiger partial charge in [0, 0.05) is 32.2 Å². The lowest BCUT2D eigenvalue weighted by atomic mass is 9.94. The largest absolute Gasteiger partial charge is 0.356 e. The van der Waals surface area contributed by atoms with Crippen LogP contribution in [0.15, 0.2) is 0 Å². The Kier molecular flexibility index (Phi) is 7.70. The molecule has 146 valence electrons. The molecule has 0 aromatic heterocycles. The van der Waals surface area contributed by atoms with Crippen LogP contribution in [0.4, 0.5) is 0 Å². The van der Waals surface area contributed by atoms with Crippen LogP contribution in [-0.2, 0) is 15.0 Å². The fourth-order valence-corrected chi connectivity index (χ4v) is 5.79. The zero-order valence-electron chi connectivity index (χ0n) is 16.0. The summed E-state index contributed by atoms with van der Waals surface area (Å²) >= 11 is 0. The van der Waals surface area contributed by atoms with Crippen molar-refractivity contribution >= 4 is 16.1 Å². The maximum atomic E-state index is 13.1. The van der Waals surface area contributed by atoms with Crippen molar-refractivity contribution in [2.45, 2.75) is 83.7 Å². The van der Waals surface area contributed by atoms with Gasteiger partial charge in [-0.15, -0.1) is 0 Å².